The van der Waals surface area contributed by atoms with Crippen LogP contribution in [0, 0.1) is 12.8 Å². The second kappa shape index (κ2) is 7.57. The summed E-state index contributed by atoms with van der Waals surface area (Å²) >= 11 is 1.60. The number of aromatic nitrogens is 1. The first kappa shape index (κ1) is 16.0. The molecule has 2 heterocycles. The van der Waals surface area contributed by atoms with Crippen LogP contribution in [0.15, 0.2) is 29.6 Å². The first-order valence-electron chi connectivity index (χ1n) is 7.70. The van der Waals surface area contributed by atoms with E-state index in [4.69, 9.17) is 9.47 Å². The summed E-state index contributed by atoms with van der Waals surface area (Å²) in [6, 6.07) is 7.67. The number of thiazole rings is 1. The van der Waals surface area contributed by atoms with E-state index >= 15 is 0 Å². The van der Waals surface area contributed by atoms with Crippen molar-refractivity contribution in [2.24, 2.45) is 5.92 Å². The third kappa shape index (κ3) is 4.53. The van der Waals surface area contributed by atoms with E-state index in [2.05, 4.69) is 10.3 Å². The van der Waals surface area contributed by atoms with Gasteiger partial charge in [0.25, 0.3) is 5.91 Å². The first-order valence-corrected chi connectivity index (χ1v) is 8.58. The van der Waals surface area contributed by atoms with Crippen LogP contribution in [0.4, 0.5) is 0 Å². The maximum atomic E-state index is 11.8. The summed E-state index contributed by atoms with van der Waals surface area (Å²) in [5, 5.41) is 5.86. The van der Waals surface area contributed by atoms with Crippen molar-refractivity contribution in [3.8, 4) is 16.3 Å². The van der Waals surface area contributed by atoms with E-state index in [1.54, 1.807) is 11.3 Å². The topological polar surface area (TPSA) is 60.5 Å². The molecule has 1 atom stereocenters. The van der Waals surface area contributed by atoms with E-state index in [0.29, 0.717) is 18.2 Å². The highest BCUT2D eigenvalue weighted by atomic mass is 32.1. The van der Waals surface area contributed by atoms with Gasteiger partial charge >= 0.3 is 0 Å². The monoisotopic (exact) mass is 332 g/mol. The van der Waals surface area contributed by atoms with Gasteiger partial charge in [0.1, 0.15) is 10.8 Å². The molecule has 0 radical (unpaired) electrons. The number of carbonyl (C=O) groups excluding carboxylic acids is 1. The van der Waals surface area contributed by atoms with Crippen molar-refractivity contribution in [2.75, 3.05) is 26.4 Å². The van der Waals surface area contributed by atoms with Gasteiger partial charge in [0.2, 0.25) is 0 Å². The zero-order chi connectivity index (χ0) is 16.1. The fourth-order valence-electron chi connectivity index (χ4n) is 2.41. The van der Waals surface area contributed by atoms with Crippen LogP contribution in [0.25, 0.3) is 10.6 Å². The molecule has 3 rings (SSSR count). The molecule has 5 nitrogen and oxygen atoms in total. The minimum absolute atomic E-state index is 0.0218. The number of amides is 1. The van der Waals surface area contributed by atoms with E-state index < -0.39 is 0 Å². The largest absolute Gasteiger partial charge is 0.484 e. The lowest BCUT2D eigenvalue weighted by atomic mass is 10.1. The third-order valence-corrected chi connectivity index (χ3v) is 4.69. The number of ether oxygens (including phenoxy) is 2. The van der Waals surface area contributed by atoms with E-state index in [0.717, 1.165) is 35.9 Å². The van der Waals surface area contributed by atoms with Gasteiger partial charge in [-0.1, -0.05) is 12.1 Å². The quantitative estimate of drug-likeness (QED) is 0.883. The van der Waals surface area contributed by atoms with Gasteiger partial charge in [0.15, 0.2) is 6.61 Å². The van der Waals surface area contributed by atoms with Gasteiger partial charge in [0.05, 0.1) is 6.61 Å². The van der Waals surface area contributed by atoms with Gasteiger partial charge in [-0.25, -0.2) is 4.98 Å². The number of rotatable bonds is 6. The summed E-state index contributed by atoms with van der Waals surface area (Å²) in [5.41, 5.74) is 2.01. The Morgan fingerprint density at radius 1 is 1.52 bits per heavy atom. The Balaban J connectivity index is 1.50. The molecule has 2 aromatic rings. The van der Waals surface area contributed by atoms with Gasteiger partial charge in [-0.3, -0.25) is 4.79 Å². The fraction of sp³-hybridized carbons (Fsp3) is 0.412. The number of aryl methyl sites for hydroxylation is 1. The van der Waals surface area contributed by atoms with Crippen LogP contribution in [0.3, 0.4) is 0 Å². The average Bonchev–Trinajstić information content (AvgIpc) is 3.23. The van der Waals surface area contributed by atoms with Gasteiger partial charge in [-0.05, 0) is 25.5 Å². The molecular formula is C17H20N2O3S. The molecule has 1 aromatic heterocycles. The summed E-state index contributed by atoms with van der Waals surface area (Å²) in [7, 11) is 0. The average molecular weight is 332 g/mol. The predicted octanol–water partition coefficient (Wildman–Crippen LogP) is 2.65. The smallest absolute Gasteiger partial charge is 0.257 e. The highest BCUT2D eigenvalue weighted by Gasteiger charge is 2.16. The molecule has 1 aromatic carbocycles. The highest BCUT2D eigenvalue weighted by Crippen LogP contribution is 2.26. The standard InChI is InChI=1S/C17H20N2O3S/c1-12-11-23-17(19-12)14-3-2-4-15(7-14)22-10-16(20)18-8-13-5-6-21-9-13/h2-4,7,11,13H,5-6,8-10H2,1H3,(H,18,20)/t13-/m0/s1. The second-order valence-electron chi connectivity index (χ2n) is 5.64. The van der Waals surface area contributed by atoms with Crippen molar-refractivity contribution in [3.63, 3.8) is 0 Å². The number of carbonyl (C=O) groups is 1. The minimum Gasteiger partial charge on any atom is -0.484 e. The van der Waals surface area contributed by atoms with E-state index in [1.165, 1.54) is 0 Å². The molecule has 1 N–H and O–H groups in total. The molecule has 23 heavy (non-hydrogen) atoms. The van der Waals surface area contributed by atoms with Crippen LogP contribution in [0.1, 0.15) is 12.1 Å². The van der Waals surface area contributed by atoms with Gasteiger partial charge in [-0.15, -0.1) is 11.3 Å². The molecule has 1 aliphatic rings. The van der Waals surface area contributed by atoms with Crippen LogP contribution < -0.4 is 10.1 Å². The molecule has 1 fully saturated rings. The van der Waals surface area contributed by atoms with E-state index in [1.807, 2.05) is 36.6 Å². The lowest BCUT2D eigenvalue weighted by Gasteiger charge is -2.10. The van der Waals surface area contributed by atoms with Crippen molar-refractivity contribution in [1.29, 1.82) is 0 Å². The molecule has 0 bridgehead atoms. The van der Waals surface area contributed by atoms with Crippen LogP contribution >= 0.6 is 11.3 Å². The van der Waals surface area contributed by atoms with Gasteiger partial charge < -0.3 is 14.8 Å². The van der Waals surface area contributed by atoms with Crippen molar-refractivity contribution in [2.45, 2.75) is 13.3 Å². The zero-order valence-corrected chi connectivity index (χ0v) is 13.9. The molecule has 0 spiro atoms. The third-order valence-electron chi connectivity index (χ3n) is 3.68. The second-order valence-corrected chi connectivity index (χ2v) is 6.50. The molecule has 6 heteroatoms. The fourth-order valence-corrected chi connectivity index (χ4v) is 3.20. The van der Waals surface area contributed by atoms with Crippen molar-refractivity contribution < 1.29 is 14.3 Å². The molecule has 0 saturated carbocycles. The Morgan fingerprint density at radius 2 is 2.43 bits per heavy atom. The van der Waals surface area contributed by atoms with Crippen LogP contribution in [0.2, 0.25) is 0 Å². The molecule has 1 amide bonds. The van der Waals surface area contributed by atoms with Crippen molar-refractivity contribution >= 4 is 17.2 Å². The molecule has 0 unspecified atom stereocenters. The zero-order valence-electron chi connectivity index (χ0n) is 13.1. The van der Waals surface area contributed by atoms with Crippen molar-refractivity contribution in [3.05, 3.63) is 35.3 Å². The number of benzene rings is 1. The molecule has 1 aliphatic heterocycles. The maximum absolute atomic E-state index is 11.8. The van der Waals surface area contributed by atoms with Crippen LogP contribution in [0.5, 0.6) is 5.75 Å². The first-order chi connectivity index (χ1) is 11.2. The SMILES string of the molecule is Cc1csc(-c2cccc(OCC(=O)NC[C@@H]3CCOC3)c2)n1. The normalized spacial score (nSPS) is 17.2. The number of hydrogen-bond acceptors (Lipinski definition) is 5. The van der Waals surface area contributed by atoms with Crippen LogP contribution in [-0.2, 0) is 9.53 Å². The predicted molar refractivity (Wildman–Crippen MR) is 89.7 cm³/mol. The van der Waals surface area contributed by atoms with Gasteiger partial charge in [-0.2, -0.15) is 0 Å². The van der Waals surface area contributed by atoms with Crippen LogP contribution in [-0.4, -0.2) is 37.3 Å². The van der Waals surface area contributed by atoms with E-state index in [9.17, 15) is 4.79 Å². The summed E-state index contributed by atoms with van der Waals surface area (Å²) in [6.07, 6.45) is 1.01. The Bertz CT molecular complexity index is 665. The lowest BCUT2D eigenvalue weighted by Crippen LogP contribution is -2.33. The molecule has 122 valence electrons. The highest BCUT2D eigenvalue weighted by molar-refractivity contribution is 7.13. The molecule has 0 aliphatic carbocycles. The lowest BCUT2D eigenvalue weighted by molar-refractivity contribution is -0.123. The molecular weight excluding hydrogens is 312 g/mol. The summed E-state index contributed by atoms with van der Waals surface area (Å²) in [4.78, 5) is 16.3. The van der Waals surface area contributed by atoms with Crippen molar-refractivity contribution in [1.82, 2.24) is 10.3 Å². The number of nitrogens with zero attached hydrogens (tertiary/aromatic N) is 1. The summed E-state index contributed by atoms with van der Waals surface area (Å²) in [6.45, 7) is 4.17. The Labute approximate surface area is 139 Å². The number of hydrogen-bond donors (Lipinski definition) is 1. The minimum atomic E-state index is -0.104. The maximum Gasteiger partial charge on any atom is 0.257 e. The Kier molecular flexibility index (Phi) is 5.25. The summed E-state index contributed by atoms with van der Waals surface area (Å²) in [5.74, 6) is 0.998. The molecule has 1 saturated heterocycles. The summed E-state index contributed by atoms with van der Waals surface area (Å²) < 4.78 is 10.9. The number of nitrogens with one attached hydrogen (secondary N) is 1. The Hall–Kier alpha value is -1.92. The Morgan fingerprint density at radius 3 is 3.17 bits per heavy atom. The van der Waals surface area contributed by atoms with E-state index in [-0.39, 0.29) is 12.5 Å². The van der Waals surface area contributed by atoms with Gasteiger partial charge in [0, 0.05) is 35.7 Å².